The Morgan fingerprint density at radius 2 is 1.88 bits per heavy atom. The number of hydrogen-bond acceptors (Lipinski definition) is 5. The van der Waals surface area contributed by atoms with E-state index in [1.807, 2.05) is 19.1 Å². The van der Waals surface area contributed by atoms with Gasteiger partial charge in [0.25, 0.3) is 11.8 Å². The third-order valence-electron chi connectivity index (χ3n) is 4.34. The highest BCUT2D eigenvalue weighted by atomic mass is 16.5. The number of benzene rings is 1. The fourth-order valence-electron chi connectivity index (χ4n) is 2.43. The molecule has 4 amide bonds. The number of carbonyl (C=O) groups is 4. The molecule has 2 N–H and O–H groups in total. The van der Waals surface area contributed by atoms with E-state index >= 15 is 0 Å². The first kappa shape index (κ1) is 19.4. The lowest BCUT2D eigenvalue weighted by molar-refractivity contribution is -0.155. The highest BCUT2D eigenvalue weighted by Crippen LogP contribution is 2.20. The number of carbonyl (C=O) groups excluding carboxylic acids is 4. The van der Waals surface area contributed by atoms with Crippen LogP contribution in [0.3, 0.4) is 0 Å². The Morgan fingerprint density at radius 1 is 1.27 bits per heavy atom. The molecule has 8 nitrogen and oxygen atoms in total. The van der Waals surface area contributed by atoms with Crippen LogP contribution in [0.1, 0.15) is 32.8 Å². The van der Waals surface area contributed by atoms with Crippen LogP contribution in [-0.4, -0.2) is 46.9 Å². The standard InChI is InChI=1S/C18H23N3O5/c1-5-18(4)16(24)21(17(25)20-18)10-14(22)26-12(3)15(23)19-13-8-6-11(2)7-9-13/h6-9,12H,5,10H2,1-4H3,(H,19,23)(H,20,25)/t12-,18+/m0/s1. The molecule has 0 spiro atoms. The molecule has 1 fully saturated rings. The fourth-order valence-corrected chi connectivity index (χ4v) is 2.43. The van der Waals surface area contributed by atoms with Gasteiger partial charge in [-0.25, -0.2) is 4.79 Å². The second kappa shape index (κ2) is 7.55. The lowest BCUT2D eigenvalue weighted by atomic mass is 9.99. The Bertz CT molecular complexity index is 731. The zero-order valence-corrected chi connectivity index (χ0v) is 15.3. The van der Waals surface area contributed by atoms with Crippen molar-refractivity contribution in [2.45, 2.75) is 45.8 Å². The summed E-state index contributed by atoms with van der Waals surface area (Å²) < 4.78 is 5.04. The van der Waals surface area contributed by atoms with Crippen LogP contribution < -0.4 is 10.6 Å². The van der Waals surface area contributed by atoms with Gasteiger partial charge in [-0.3, -0.25) is 19.3 Å². The third kappa shape index (κ3) is 4.19. The first-order valence-electron chi connectivity index (χ1n) is 8.37. The van der Waals surface area contributed by atoms with E-state index in [0.29, 0.717) is 12.1 Å². The SMILES string of the molecule is CC[C@@]1(C)NC(=O)N(CC(=O)O[C@@H](C)C(=O)Nc2ccc(C)cc2)C1=O. The average Bonchev–Trinajstić information content (AvgIpc) is 2.80. The van der Waals surface area contributed by atoms with Gasteiger partial charge in [-0.15, -0.1) is 0 Å². The lowest BCUT2D eigenvalue weighted by Crippen LogP contribution is -2.44. The Morgan fingerprint density at radius 3 is 2.42 bits per heavy atom. The van der Waals surface area contributed by atoms with Crippen molar-refractivity contribution in [2.75, 3.05) is 11.9 Å². The average molecular weight is 361 g/mol. The molecule has 0 radical (unpaired) electrons. The first-order valence-corrected chi connectivity index (χ1v) is 8.37. The second-order valence-electron chi connectivity index (χ2n) is 6.49. The van der Waals surface area contributed by atoms with Gasteiger partial charge in [-0.05, 0) is 39.3 Å². The molecule has 1 aromatic carbocycles. The van der Waals surface area contributed by atoms with E-state index in [9.17, 15) is 19.2 Å². The first-order chi connectivity index (χ1) is 12.2. The van der Waals surface area contributed by atoms with Crippen molar-refractivity contribution < 1.29 is 23.9 Å². The topological polar surface area (TPSA) is 105 Å². The van der Waals surface area contributed by atoms with Crippen molar-refractivity contribution in [3.8, 4) is 0 Å². The number of esters is 1. The molecule has 0 bridgehead atoms. The summed E-state index contributed by atoms with van der Waals surface area (Å²) in [4.78, 5) is 49.1. The molecular formula is C18H23N3O5. The van der Waals surface area contributed by atoms with Gasteiger partial charge >= 0.3 is 12.0 Å². The number of aryl methyl sites for hydroxylation is 1. The van der Waals surface area contributed by atoms with Crippen LogP contribution in [0.5, 0.6) is 0 Å². The summed E-state index contributed by atoms with van der Waals surface area (Å²) in [7, 11) is 0. The highest BCUT2D eigenvalue weighted by Gasteiger charge is 2.47. The minimum atomic E-state index is -1.07. The molecule has 1 aliphatic rings. The molecule has 2 rings (SSSR count). The van der Waals surface area contributed by atoms with Crippen molar-refractivity contribution in [2.24, 2.45) is 0 Å². The Hall–Kier alpha value is -2.90. The Kier molecular flexibility index (Phi) is 5.64. The van der Waals surface area contributed by atoms with Crippen LogP contribution in [0.15, 0.2) is 24.3 Å². The predicted molar refractivity (Wildman–Crippen MR) is 94.3 cm³/mol. The molecule has 1 heterocycles. The van der Waals surface area contributed by atoms with Gasteiger partial charge in [-0.2, -0.15) is 0 Å². The molecular weight excluding hydrogens is 338 g/mol. The van der Waals surface area contributed by atoms with E-state index in [1.54, 1.807) is 26.0 Å². The van der Waals surface area contributed by atoms with Gasteiger partial charge < -0.3 is 15.4 Å². The van der Waals surface area contributed by atoms with Gasteiger partial charge in [0.2, 0.25) is 0 Å². The molecule has 1 saturated heterocycles. The van der Waals surface area contributed by atoms with Crippen LogP contribution in [-0.2, 0) is 19.1 Å². The number of ether oxygens (including phenoxy) is 1. The Labute approximate surface area is 151 Å². The third-order valence-corrected chi connectivity index (χ3v) is 4.34. The summed E-state index contributed by atoms with van der Waals surface area (Å²) in [6.45, 7) is 6.16. The second-order valence-corrected chi connectivity index (χ2v) is 6.49. The smallest absolute Gasteiger partial charge is 0.327 e. The number of urea groups is 1. The van der Waals surface area contributed by atoms with E-state index < -0.39 is 42.0 Å². The molecule has 140 valence electrons. The number of nitrogens with zero attached hydrogens (tertiary/aromatic N) is 1. The van der Waals surface area contributed by atoms with Crippen LogP contribution in [0.2, 0.25) is 0 Å². The number of imide groups is 1. The van der Waals surface area contributed by atoms with E-state index in [0.717, 1.165) is 10.5 Å². The fraction of sp³-hybridized carbons (Fsp3) is 0.444. The largest absolute Gasteiger partial charge is 0.451 e. The van der Waals surface area contributed by atoms with Crippen molar-refractivity contribution in [1.82, 2.24) is 10.2 Å². The van der Waals surface area contributed by atoms with Gasteiger partial charge in [0.15, 0.2) is 6.10 Å². The maximum absolute atomic E-state index is 12.2. The van der Waals surface area contributed by atoms with E-state index in [4.69, 9.17) is 4.74 Å². The zero-order valence-electron chi connectivity index (χ0n) is 15.3. The van der Waals surface area contributed by atoms with Crippen LogP contribution in [0.4, 0.5) is 10.5 Å². The zero-order chi connectivity index (χ0) is 19.5. The number of anilines is 1. The number of amides is 4. The maximum Gasteiger partial charge on any atom is 0.327 e. The van der Waals surface area contributed by atoms with E-state index in [2.05, 4.69) is 10.6 Å². The molecule has 0 aromatic heterocycles. The quantitative estimate of drug-likeness (QED) is 0.591. The molecule has 2 atom stereocenters. The Balaban J connectivity index is 1.90. The molecule has 0 aliphatic carbocycles. The summed E-state index contributed by atoms with van der Waals surface area (Å²) in [5.74, 6) is -1.82. The summed E-state index contributed by atoms with van der Waals surface area (Å²) in [5, 5.41) is 5.18. The predicted octanol–water partition coefficient (Wildman–Crippen LogP) is 1.59. The molecule has 1 aliphatic heterocycles. The van der Waals surface area contributed by atoms with Crippen molar-refractivity contribution in [3.05, 3.63) is 29.8 Å². The molecule has 8 heteroatoms. The van der Waals surface area contributed by atoms with Gasteiger partial charge in [0.05, 0.1) is 0 Å². The molecule has 1 aromatic rings. The summed E-state index contributed by atoms with van der Waals surface area (Å²) in [5.41, 5.74) is 0.609. The number of nitrogens with one attached hydrogen (secondary N) is 2. The number of rotatable bonds is 6. The summed E-state index contributed by atoms with van der Waals surface area (Å²) in [6.07, 6.45) is -0.666. The van der Waals surface area contributed by atoms with E-state index in [-0.39, 0.29) is 0 Å². The van der Waals surface area contributed by atoms with Crippen molar-refractivity contribution in [1.29, 1.82) is 0 Å². The maximum atomic E-state index is 12.2. The highest BCUT2D eigenvalue weighted by molar-refractivity contribution is 6.08. The van der Waals surface area contributed by atoms with Gasteiger partial charge in [0, 0.05) is 5.69 Å². The molecule has 0 saturated carbocycles. The normalized spacial score (nSPS) is 20.5. The summed E-state index contributed by atoms with van der Waals surface area (Å²) >= 11 is 0. The van der Waals surface area contributed by atoms with Crippen LogP contribution in [0, 0.1) is 6.92 Å². The lowest BCUT2D eigenvalue weighted by Gasteiger charge is -2.19. The van der Waals surface area contributed by atoms with Crippen LogP contribution in [0.25, 0.3) is 0 Å². The monoisotopic (exact) mass is 361 g/mol. The minimum absolute atomic E-state index is 0.401. The van der Waals surface area contributed by atoms with Crippen LogP contribution >= 0.6 is 0 Å². The number of hydrogen-bond donors (Lipinski definition) is 2. The van der Waals surface area contributed by atoms with Gasteiger partial charge in [-0.1, -0.05) is 24.6 Å². The van der Waals surface area contributed by atoms with Crippen molar-refractivity contribution in [3.63, 3.8) is 0 Å². The summed E-state index contributed by atoms with van der Waals surface area (Å²) in [6, 6.07) is 6.51. The molecule has 26 heavy (non-hydrogen) atoms. The van der Waals surface area contributed by atoms with E-state index in [1.165, 1.54) is 6.92 Å². The van der Waals surface area contributed by atoms with Gasteiger partial charge in [0.1, 0.15) is 12.1 Å². The minimum Gasteiger partial charge on any atom is -0.451 e. The van der Waals surface area contributed by atoms with Crippen molar-refractivity contribution >= 4 is 29.5 Å². The molecule has 0 unspecified atom stereocenters.